The number of nitrogens with one attached hydrogen (secondary N) is 1. The molecule has 112 valence electrons. The predicted octanol–water partition coefficient (Wildman–Crippen LogP) is 0.119. The van der Waals surface area contributed by atoms with Crippen LogP contribution in [0.3, 0.4) is 0 Å². The van der Waals surface area contributed by atoms with Gasteiger partial charge in [0.1, 0.15) is 6.04 Å². The Morgan fingerprint density at radius 3 is 2.90 bits per heavy atom. The predicted molar refractivity (Wildman–Crippen MR) is 67.9 cm³/mol. The summed E-state index contributed by atoms with van der Waals surface area (Å²) in [7, 11) is 0. The van der Waals surface area contributed by atoms with Gasteiger partial charge in [0, 0.05) is 24.7 Å². The molecule has 1 unspecified atom stereocenters. The average Bonchev–Trinajstić information content (AvgIpc) is 2.40. The Morgan fingerprint density at radius 2 is 2.29 bits per heavy atom. The van der Waals surface area contributed by atoms with Crippen molar-refractivity contribution in [2.24, 2.45) is 0 Å². The number of piperazine rings is 1. The summed E-state index contributed by atoms with van der Waals surface area (Å²) in [5.41, 5.74) is -0.703. The second-order valence-corrected chi connectivity index (χ2v) is 4.57. The van der Waals surface area contributed by atoms with Crippen LogP contribution in [0.4, 0.5) is 10.1 Å². The van der Waals surface area contributed by atoms with Gasteiger partial charge >= 0.3 is 11.7 Å². The number of carboxylic acids is 1. The highest BCUT2D eigenvalue weighted by atomic mass is 19.1. The molecule has 1 aromatic rings. The maximum atomic E-state index is 14.0. The Bertz CT molecular complexity index is 607. The number of carbonyl (C=O) groups is 2. The molecule has 1 atom stereocenters. The Kier molecular flexibility index (Phi) is 4.13. The van der Waals surface area contributed by atoms with Crippen LogP contribution in [-0.2, 0) is 16.1 Å². The van der Waals surface area contributed by atoms with Gasteiger partial charge in [-0.1, -0.05) is 12.1 Å². The molecule has 1 aliphatic rings. The largest absolute Gasteiger partial charge is 0.480 e. The molecule has 8 nitrogen and oxygen atoms in total. The molecule has 9 heteroatoms. The summed E-state index contributed by atoms with van der Waals surface area (Å²) in [4.78, 5) is 33.6. The van der Waals surface area contributed by atoms with Crippen molar-refractivity contribution < 1.29 is 24.0 Å². The number of halogens is 1. The van der Waals surface area contributed by atoms with Gasteiger partial charge in [-0.05, 0) is 0 Å². The first kappa shape index (κ1) is 14.9. The Hall–Kier alpha value is -2.55. The molecule has 1 amide bonds. The van der Waals surface area contributed by atoms with E-state index in [4.69, 9.17) is 5.11 Å². The lowest BCUT2D eigenvalue weighted by Gasteiger charge is -2.32. The molecule has 2 N–H and O–H groups in total. The van der Waals surface area contributed by atoms with Gasteiger partial charge < -0.3 is 10.4 Å². The van der Waals surface area contributed by atoms with Crippen LogP contribution in [0, 0.1) is 15.9 Å². The van der Waals surface area contributed by atoms with E-state index in [0.29, 0.717) is 0 Å². The Balaban J connectivity index is 2.27. The van der Waals surface area contributed by atoms with Crippen molar-refractivity contribution in [3.63, 3.8) is 0 Å². The third kappa shape index (κ3) is 3.14. The third-order valence-electron chi connectivity index (χ3n) is 3.19. The number of aliphatic carboxylic acids is 1. The van der Waals surface area contributed by atoms with Crippen LogP contribution in [0.15, 0.2) is 18.2 Å². The van der Waals surface area contributed by atoms with Gasteiger partial charge in [0.15, 0.2) is 0 Å². The minimum absolute atomic E-state index is 0.0230. The molecule has 0 radical (unpaired) electrons. The summed E-state index contributed by atoms with van der Waals surface area (Å²) in [5.74, 6) is -2.54. The highest BCUT2D eigenvalue weighted by Crippen LogP contribution is 2.22. The van der Waals surface area contributed by atoms with Crippen molar-refractivity contribution in [1.29, 1.82) is 0 Å². The number of amides is 1. The fraction of sp³-hybridized carbons (Fsp3) is 0.333. The topological polar surface area (TPSA) is 113 Å². The first-order valence-electron chi connectivity index (χ1n) is 6.05. The quantitative estimate of drug-likeness (QED) is 0.603. The SMILES string of the molecule is O=C1CN(Cc2cccc([N+](=O)[O-])c2F)C(C(=O)O)CN1. The summed E-state index contributed by atoms with van der Waals surface area (Å²) in [6.07, 6.45) is 0. The lowest BCUT2D eigenvalue weighted by atomic mass is 10.1. The van der Waals surface area contributed by atoms with Crippen LogP contribution in [-0.4, -0.2) is 45.9 Å². The fourth-order valence-corrected chi connectivity index (χ4v) is 2.15. The first-order chi connectivity index (χ1) is 9.90. The maximum absolute atomic E-state index is 14.0. The van der Waals surface area contributed by atoms with E-state index in [0.717, 1.165) is 6.07 Å². The molecule has 2 rings (SSSR count). The van der Waals surface area contributed by atoms with E-state index in [-0.39, 0.29) is 31.1 Å². The van der Waals surface area contributed by atoms with Gasteiger partial charge in [0.2, 0.25) is 11.7 Å². The van der Waals surface area contributed by atoms with Gasteiger partial charge in [-0.2, -0.15) is 4.39 Å². The number of nitro benzene ring substituents is 1. The summed E-state index contributed by atoms with van der Waals surface area (Å²) in [5, 5.41) is 22.2. The lowest BCUT2D eigenvalue weighted by molar-refractivity contribution is -0.387. The number of carboxylic acid groups (broad SMARTS) is 1. The van der Waals surface area contributed by atoms with Gasteiger partial charge in [-0.3, -0.25) is 24.6 Å². The van der Waals surface area contributed by atoms with E-state index < -0.39 is 28.4 Å². The third-order valence-corrected chi connectivity index (χ3v) is 3.19. The molecule has 0 bridgehead atoms. The monoisotopic (exact) mass is 297 g/mol. The van der Waals surface area contributed by atoms with Crippen LogP contribution in [0.1, 0.15) is 5.56 Å². The zero-order valence-corrected chi connectivity index (χ0v) is 10.8. The van der Waals surface area contributed by atoms with E-state index in [1.54, 1.807) is 0 Å². The van der Waals surface area contributed by atoms with Crippen molar-refractivity contribution >= 4 is 17.6 Å². The van der Waals surface area contributed by atoms with Crippen molar-refractivity contribution in [2.75, 3.05) is 13.1 Å². The highest BCUT2D eigenvalue weighted by Gasteiger charge is 2.32. The van der Waals surface area contributed by atoms with Crippen molar-refractivity contribution in [3.05, 3.63) is 39.7 Å². The zero-order valence-electron chi connectivity index (χ0n) is 10.8. The molecule has 1 aliphatic heterocycles. The molecule has 1 aromatic carbocycles. The van der Waals surface area contributed by atoms with E-state index in [9.17, 15) is 24.1 Å². The van der Waals surface area contributed by atoms with Crippen molar-refractivity contribution in [3.8, 4) is 0 Å². The van der Waals surface area contributed by atoms with E-state index >= 15 is 0 Å². The van der Waals surface area contributed by atoms with Crippen LogP contribution in [0.25, 0.3) is 0 Å². The standard InChI is InChI=1S/C12H12FN3O5/c13-11-7(2-1-3-8(11)16(20)21)5-15-6-10(17)14-4-9(15)12(18)19/h1-3,9H,4-6H2,(H,14,17)(H,18,19). The molecule has 0 spiro atoms. The Morgan fingerprint density at radius 1 is 1.57 bits per heavy atom. The molecule has 1 heterocycles. The first-order valence-corrected chi connectivity index (χ1v) is 6.05. The maximum Gasteiger partial charge on any atom is 0.322 e. The molecular formula is C12H12FN3O5. The molecular weight excluding hydrogens is 285 g/mol. The van der Waals surface area contributed by atoms with Crippen molar-refractivity contribution in [1.82, 2.24) is 10.2 Å². The second-order valence-electron chi connectivity index (χ2n) is 4.57. The number of benzene rings is 1. The number of carbonyl (C=O) groups excluding carboxylic acids is 1. The molecule has 0 aromatic heterocycles. The molecule has 1 fully saturated rings. The molecule has 0 saturated carbocycles. The van der Waals surface area contributed by atoms with Gasteiger partial charge in [-0.25, -0.2) is 0 Å². The van der Waals surface area contributed by atoms with E-state index in [1.807, 2.05) is 0 Å². The van der Waals surface area contributed by atoms with Crippen LogP contribution in [0.2, 0.25) is 0 Å². The summed E-state index contributed by atoms with van der Waals surface area (Å²) in [6.45, 7) is -0.498. The minimum Gasteiger partial charge on any atom is -0.480 e. The van der Waals surface area contributed by atoms with Crippen LogP contribution >= 0.6 is 0 Å². The molecule has 0 aliphatic carbocycles. The van der Waals surface area contributed by atoms with E-state index in [2.05, 4.69) is 5.32 Å². The van der Waals surface area contributed by atoms with Crippen LogP contribution in [0.5, 0.6) is 0 Å². The number of hydrogen-bond acceptors (Lipinski definition) is 5. The van der Waals surface area contributed by atoms with Gasteiger partial charge in [-0.15, -0.1) is 0 Å². The fourth-order valence-electron chi connectivity index (χ4n) is 2.15. The number of rotatable bonds is 4. The second kappa shape index (κ2) is 5.83. The Labute approximate surface area is 118 Å². The average molecular weight is 297 g/mol. The van der Waals surface area contributed by atoms with E-state index in [1.165, 1.54) is 17.0 Å². The summed E-state index contributed by atoms with van der Waals surface area (Å²) < 4.78 is 14.0. The number of nitrogens with zero attached hydrogens (tertiary/aromatic N) is 2. The lowest BCUT2D eigenvalue weighted by Crippen LogP contribution is -2.57. The minimum atomic E-state index is -1.15. The van der Waals surface area contributed by atoms with Crippen molar-refractivity contribution in [2.45, 2.75) is 12.6 Å². The summed E-state index contributed by atoms with van der Waals surface area (Å²) >= 11 is 0. The highest BCUT2D eigenvalue weighted by molar-refractivity contribution is 5.83. The van der Waals surface area contributed by atoms with Gasteiger partial charge in [0.25, 0.3) is 0 Å². The summed E-state index contributed by atoms with van der Waals surface area (Å²) in [6, 6.07) is 2.67. The number of hydrogen-bond donors (Lipinski definition) is 2. The smallest absolute Gasteiger partial charge is 0.322 e. The van der Waals surface area contributed by atoms with Gasteiger partial charge in [0.05, 0.1) is 11.5 Å². The number of nitro groups is 1. The van der Waals surface area contributed by atoms with Crippen LogP contribution < -0.4 is 5.32 Å². The molecule has 21 heavy (non-hydrogen) atoms. The normalized spacial score (nSPS) is 19.1. The zero-order chi connectivity index (χ0) is 15.6. The molecule has 1 saturated heterocycles.